The van der Waals surface area contributed by atoms with Crippen molar-refractivity contribution in [3.8, 4) is 22.5 Å². The second-order valence-electron chi connectivity index (χ2n) is 9.19. The molecule has 6 rings (SSSR count). The predicted octanol–water partition coefficient (Wildman–Crippen LogP) is 5.88. The minimum atomic E-state index is -0.485. The molecule has 196 valence electrons. The number of aryl methyl sites for hydroxylation is 1. The third-order valence-corrected chi connectivity index (χ3v) is 6.65. The third-order valence-electron chi connectivity index (χ3n) is 6.36. The fraction of sp³-hybridized carbons (Fsp3) is 0.0667. The number of pyridine rings is 3. The summed E-state index contributed by atoms with van der Waals surface area (Å²) in [7, 11) is 0. The minimum absolute atomic E-state index is 0.0200. The summed E-state index contributed by atoms with van der Waals surface area (Å²) in [5.41, 5.74) is 4.76. The Hall–Kier alpha value is -5.15. The molecule has 0 saturated heterocycles. The Morgan fingerprint density at radius 2 is 1.75 bits per heavy atom. The molecule has 0 fully saturated rings. The molecule has 0 aliphatic carbocycles. The van der Waals surface area contributed by atoms with E-state index in [1.54, 1.807) is 24.5 Å². The molecule has 6 aromatic rings. The zero-order valence-corrected chi connectivity index (χ0v) is 22.0. The number of anilines is 1. The maximum absolute atomic E-state index is 13.5. The van der Waals surface area contributed by atoms with Crippen LogP contribution in [0.3, 0.4) is 0 Å². The zero-order valence-electron chi connectivity index (χ0n) is 21.3. The van der Waals surface area contributed by atoms with Crippen LogP contribution in [0.1, 0.15) is 11.1 Å². The molecule has 0 aliphatic rings. The SMILES string of the molecule is Cc1ccc(NC(=O)NCc2c[nH]c3nc(-c4ccccc4)c(-c4cc(Cl)c5ncccc5c4)nc3c2=O)nc1. The first-order chi connectivity index (χ1) is 19.5. The van der Waals surface area contributed by atoms with Crippen LogP contribution in [0.2, 0.25) is 5.02 Å². The van der Waals surface area contributed by atoms with E-state index in [1.807, 2.05) is 61.5 Å². The van der Waals surface area contributed by atoms with Gasteiger partial charge in [-0.15, -0.1) is 0 Å². The van der Waals surface area contributed by atoms with E-state index < -0.39 is 6.03 Å². The van der Waals surface area contributed by atoms with Gasteiger partial charge in [0.1, 0.15) is 5.82 Å². The first kappa shape index (κ1) is 25.1. The Morgan fingerprint density at radius 1 is 0.925 bits per heavy atom. The summed E-state index contributed by atoms with van der Waals surface area (Å²) in [5, 5.41) is 6.66. The molecule has 9 nitrogen and oxygen atoms in total. The summed E-state index contributed by atoms with van der Waals surface area (Å²) >= 11 is 6.59. The molecule has 0 saturated carbocycles. The first-order valence-electron chi connectivity index (χ1n) is 12.5. The monoisotopic (exact) mass is 547 g/mol. The Labute approximate surface area is 233 Å². The van der Waals surface area contributed by atoms with Crippen LogP contribution in [-0.4, -0.2) is 31.0 Å². The van der Waals surface area contributed by atoms with Gasteiger partial charge in [-0.05, 0) is 36.8 Å². The maximum atomic E-state index is 13.5. The van der Waals surface area contributed by atoms with Crippen LogP contribution in [-0.2, 0) is 6.54 Å². The molecule has 10 heteroatoms. The average Bonchev–Trinajstić information content (AvgIpc) is 2.98. The number of nitrogens with zero attached hydrogens (tertiary/aromatic N) is 4. The van der Waals surface area contributed by atoms with Crippen molar-refractivity contribution in [2.24, 2.45) is 0 Å². The first-order valence-corrected chi connectivity index (χ1v) is 12.8. The molecule has 2 aromatic carbocycles. The lowest BCUT2D eigenvalue weighted by Gasteiger charge is -2.12. The van der Waals surface area contributed by atoms with E-state index in [2.05, 4.69) is 25.6 Å². The van der Waals surface area contributed by atoms with Crippen molar-refractivity contribution in [1.82, 2.24) is 30.2 Å². The van der Waals surface area contributed by atoms with Gasteiger partial charge in [-0.2, -0.15) is 0 Å². The van der Waals surface area contributed by atoms with Crippen molar-refractivity contribution in [3.05, 3.63) is 112 Å². The number of nitrogens with one attached hydrogen (secondary N) is 3. The predicted molar refractivity (Wildman–Crippen MR) is 156 cm³/mol. The Bertz CT molecular complexity index is 1940. The molecule has 0 atom stereocenters. The van der Waals surface area contributed by atoms with Gasteiger partial charge in [-0.1, -0.05) is 54.1 Å². The fourth-order valence-electron chi connectivity index (χ4n) is 4.36. The largest absolute Gasteiger partial charge is 0.344 e. The van der Waals surface area contributed by atoms with Gasteiger partial charge < -0.3 is 10.3 Å². The van der Waals surface area contributed by atoms with Gasteiger partial charge in [0.15, 0.2) is 11.2 Å². The van der Waals surface area contributed by atoms with Crippen LogP contribution in [0, 0.1) is 6.92 Å². The van der Waals surface area contributed by atoms with Gasteiger partial charge in [0.25, 0.3) is 0 Å². The third kappa shape index (κ3) is 4.97. The highest BCUT2D eigenvalue weighted by Crippen LogP contribution is 2.34. The van der Waals surface area contributed by atoms with Crippen LogP contribution in [0.15, 0.2) is 90.1 Å². The number of aromatic amines is 1. The Morgan fingerprint density at radius 3 is 2.55 bits per heavy atom. The second-order valence-corrected chi connectivity index (χ2v) is 9.60. The number of benzene rings is 2. The van der Waals surface area contributed by atoms with Crippen LogP contribution >= 0.6 is 11.6 Å². The topological polar surface area (TPSA) is 126 Å². The van der Waals surface area contributed by atoms with Crippen molar-refractivity contribution in [1.29, 1.82) is 0 Å². The summed E-state index contributed by atoms with van der Waals surface area (Å²) in [4.78, 5) is 47.1. The number of carbonyl (C=O) groups excluding carboxylic acids is 1. The highest BCUT2D eigenvalue weighted by molar-refractivity contribution is 6.35. The van der Waals surface area contributed by atoms with Crippen LogP contribution in [0.25, 0.3) is 44.6 Å². The molecule has 0 bridgehead atoms. The Kier molecular flexibility index (Phi) is 6.63. The smallest absolute Gasteiger partial charge is 0.320 e. The van der Waals surface area contributed by atoms with E-state index in [0.29, 0.717) is 44.5 Å². The van der Waals surface area contributed by atoms with Crippen LogP contribution in [0.5, 0.6) is 0 Å². The number of hydrogen-bond donors (Lipinski definition) is 3. The van der Waals surface area contributed by atoms with Gasteiger partial charge in [0.05, 0.1) is 21.9 Å². The molecular weight excluding hydrogens is 526 g/mol. The standard InChI is InChI=1S/C30H22ClN7O2/c1-17-9-10-23(33-14-17)36-30(40)35-16-21-15-34-29-27(28(21)39)37-26(25(38-29)18-6-3-2-4-7-18)20-12-19-8-5-11-32-24(19)22(31)13-20/h2-15H,16H2,1H3,(H,34,38,39)(H2,33,35,36,40). The number of carbonyl (C=O) groups is 1. The lowest BCUT2D eigenvalue weighted by atomic mass is 10.0. The van der Waals surface area contributed by atoms with Crippen molar-refractivity contribution in [2.75, 3.05) is 5.32 Å². The maximum Gasteiger partial charge on any atom is 0.320 e. The van der Waals surface area contributed by atoms with E-state index >= 15 is 0 Å². The molecule has 4 aromatic heterocycles. The molecule has 3 N–H and O–H groups in total. The average molecular weight is 548 g/mol. The number of hydrogen-bond acceptors (Lipinski definition) is 6. The summed E-state index contributed by atoms with van der Waals surface area (Å²) in [6.45, 7) is 1.89. The van der Waals surface area contributed by atoms with Crippen molar-refractivity contribution >= 4 is 45.5 Å². The summed E-state index contributed by atoms with van der Waals surface area (Å²) in [5.74, 6) is 0.406. The van der Waals surface area contributed by atoms with Crippen molar-refractivity contribution in [3.63, 3.8) is 0 Å². The zero-order chi connectivity index (χ0) is 27.6. The number of rotatable bonds is 5. The van der Waals surface area contributed by atoms with Gasteiger partial charge in [0.2, 0.25) is 5.43 Å². The van der Waals surface area contributed by atoms with Crippen molar-refractivity contribution in [2.45, 2.75) is 13.5 Å². The summed E-state index contributed by atoms with van der Waals surface area (Å²) in [6.07, 6.45) is 4.88. The number of fused-ring (bicyclic) bond motifs is 2. The van der Waals surface area contributed by atoms with Gasteiger partial charge >= 0.3 is 6.03 Å². The molecule has 0 unspecified atom stereocenters. The number of aromatic nitrogens is 5. The highest BCUT2D eigenvalue weighted by Gasteiger charge is 2.18. The lowest BCUT2D eigenvalue weighted by molar-refractivity contribution is 0.251. The highest BCUT2D eigenvalue weighted by atomic mass is 35.5. The molecule has 0 spiro atoms. The van der Waals surface area contributed by atoms with Gasteiger partial charge in [-0.25, -0.2) is 19.7 Å². The van der Waals surface area contributed by atoms with E-state index in [1.165, 1.54) is 6.20 Å². The fourth-order valence-corrected chi connectivity index (χ4v) is 4.64. The molecule has 0 radical (unpaired) electrons. The van der Waals surface area contributed by atoms with Gasteiger partial charge in [-0.3, -0.25) is 15.1 Å². The van der Waals surface area contributed by atoms with Gasteiger partial charge in [0, 0.05) is 47.2 Å². The molecule has 0 aliphatic heterocycles. The second kappa shape index (κ2) is 10.5. The van der Waals surface area contributed by atoms with E-state index in [-0.39, 0.29) is 17.5 Å². The normalized spacial score (nSPS) is 11.1. The number of halogens is 1. The quantitative estimate of drug-likeness (QED) is 0.247. The van der Waals surface area contributed by atoms with E-state index in [0.717, 1.165) is 16.5 Å². The summed E-state index contributed by atoms with van der Waals surface area (Å²) < 4.78 is 0. The molecule has 40 heavy (non-hydrogen) atoms. The number of H-pyrrole nitrogens is 1. The van der Waals surface area contributed by atoms with E-state index in [4.69, 9.17) is 21.6 Å². The number of amides is 2. The number of urea groups is 1. The minimum Gasteiger partial charge on any atom is -0.344 e. The molecule has 4 heterocycles. The van der Waals surface area contributed by atoms with Crippen LogP contribution in [0.4, 0.5) is 10.6 Å². The van der Waals surface area contributed by atoms with Crippen molar-refractivity contribution < 1.29 is 4.79 Å². The molecular formula is C30H22ClN7O2. The lowest BCUT2D eigenvalue weighted by Crippen LogP contribution is -2.30. The summed E-state index contributed by atoms with van der Waals surface area (Å²) in [6, 6.07) is 20.1. The van der Waals surface area contributed by atoms with E-state index in [9.17, 15) is 9.59 Å². The molecule has 2 amide bonds. The Balaban J connectivity index is 1.40. The van der Waals surface area contributed by atoms with Crippen LogP contribution < -0.4 is 16.1 Å².